The highest BCUT2D eigenvalue weighted by Crippen LogP contribution is 2.26. The Kier molecular flexibility index (Phi) is 30.6. The zero-order chi connectivity index (χ0) is 39.9. The Morgan fingerprint density at radius 2 is 1.22 bits per heavy atom. The van der Waals surface area contributed by atoms with Crippen LogP contribution in [-0.2, 0) is 28.9 Å². The van der Waals surface area contributed by atoms with Gasteiger partial charge in [-0.25, -0.2) is 4.18 Å². The van der Waals surface area contributed by atoms with Crippen LogP contribution in [0.25, 0.3) is 0 Å². The summed E-state index contributed by atoms with van der Waals surface area (Å²) in [5.74, 6) is -0.244. The SMILES string of the molecule is CCCCC/C=C\C=C/CCCCCCCCC(=O)NC(COC1OC(CO)C(O)C(OS(=O)(=O)O)C1O)C(O)CCCCCCCCCCCCCC. The van der Waals surface area contributed by atoms with Gasteiger partial charge in [0.1, 0.15) is 24.4 Å². The molecule has 7 atom stereocenters. The number of unbranched alkanes of at least 4 members (excludes halogenated alkanes) is 20. The second-order valence-corrected chi connectivity index (χ2v) is 16.0. The van der Waals surface area contributed by atoms with Crippen molar-refractivity contribution in [2.24, 2.45) is 0 Å². The number of hydrogen-bond acceptors (Lipinski definition) is 10. The molecule has 1 fully saturated rings. The fourth-order valence-corrected chi connectivity index (χ4v) is 7.19. The van der Waals surface area contributed by atoms with Gasteiger partial charge in [-0.3, -0.25) is 9.35 Å². The lowest BCUT2D eigenvalue weighted by Crippen LogP contribution is -2.61. The molecule has 1 saturated heterocycles. The fraction of sp³-hybridized carbons (Fsp3) is 0.878. The van der Waals surface area contributed by atoms with Crippen molar-refractivity contribution in [1.82, 2.24) is 5.32 Å². The lowest BCUT2D eigenvalue weighted by Gasteiger charge is -2.41. The van der Waals surface area contributed by atoms with E-state index < -0.39 is 59.9 Å². The molecule has 6 N–H and O–H groups in total. The first-order chi connectivity index (χ1) is 26.0. The normalized spacial score (nSPS) is 21.9. The summed E-state index contributed by atoms with van der Waals surface area (Å²) < 4.78 is 47.5. The first-order valence-corrected chi connectivity index (χ1v) is 22.6. The van der Waals surface area contributed by atoms with E-state index >= 15 is 0 Å². The number of amides is 1. The lowest BCUT2D eigenvalue weighted by molar-refractivity contribution is -0.298. The molecule has 1 heterocycles. The Balaban J connectivity index is 2.56. The van der Waals surface area contributed by atoms with E-state index in [1.807, 2.05) is 0 Å². The monoisotopic (exact) mass is 792 g/mol. The van der Waals surface area contributed by atoms with Crippen molar-refractivity contribution in [2.45, 2.75) is 217 Å². The molecule has 1 amide bonds. The molecule has 0 bridgehead atoms. The molecule has 54 heavy (non-hydrogen) atoms. The fourth-order valence-electron chi connectivity index (χ4n) is 6.68. The first-order valence-electron chi connectivity index (χ1n) is 21.2. The van der Waals surface area contributed by atoms with Crippen molar-refractivity contribution in [3.8, 4) is 0 Å². The highest BCUT2D eigenvalue weighted by Gasteiger charge is 2.48. The zero-order valence-corrected chi connectivity index (χ0v) is 34.4. The average molecular weight is 792 g/mol. The summed E-state index contributed by atoms with van der Waals surface area (Å²) in [5.41, 5.74) is 0. The number of carbonyl (C=O) groups excluding carboxylic acids is 1. The van der Waals surface area contributed by atoms with Crippen LogP contribution in [0.3, 0.4) is 0 Å². The highest BCUT2D eigenvalue weighted by molar-refractivity contribution is 7.80. The summed E-state index contributed by atoms with van der Waals surface area (Å²) in [4.78, 5) is 13.0. The molecule has 0 aromatic rings. The van der Waals surface area contributed by atoms with Crippen LogP contribution in [0.2, 0.25) is 0 Å². The van der Waals surface area contributed by atoms with Gasteiger partial charge in [0.2, 0.25) is 5.91 Å². The van der Waals surface area contributed by atoms with Gasteiger partial charge in [0, 0.05) is 6.42 Å². The van der Waals surface area contributed by atoms with Gasteiger partial charge in [-0.15, -0.1) is 0 Å². The van der Waals surface area contributed by atoms with Crippen molar-refractivity contribution >= 4 is 16.3 Å². The van der Waals surface area contributed by atoms with Gasteiger partial charge in [-0.05, 0) is 38.5 Å². The molecule has 12 nitrogen and oxygen atoms in total. The van der Waals surface area contributed by atoms with Gasteiger partial charge in [-0.1, -0.05) is 154 Å². The third kappa shape index (κ3) is 25.7. The second kappa shape index (κ2) is 32.6. The molecule has 0 aliphatic carbocycles. The minimum absolute atomic E-state index is 0.244. The van der Waals surface area contributed by atoms with Gasteiger partial charge in [-0.2, -0.15) is 8.42 Å². The van der Waals surface area contributed by atoms with E-state index in [2.05, 4.69) is 47.7 Å². The smallest absolute Gasteiger partial charge is 0.394 e. The van der Waals surface area contributed by atoms with E-state index in [0.29, 0.717) is 12.8 Å². The van der Waals surface area contributed by atoms with Gasteiger partial charge < -0.3 is 35.2 Å². The minimum Gasteiger partial charge on any atom is -0.394 e. The third-order valence-electron chi connectivity index (χ3n) is 10.0. The van der Waals surface area contributed by atoms with Crippen molar-refractivity contribution in [2.75, 3.05) is 13.2 Å². The summed E-state index contributed by atoms with van der Waals surface area (Å²) in [5, 5.41) is 44.7. The molecule has 13 heteroatoms. The lowest BCUT2D eigenvalue weighted by atomic mass is 9.99. The van der Waals surface area contributed by atoms with Crippen LogP contribution in [-0.4, -0.2) is 95.4 Å². The maximum absolute atomic E-state index is 13.0. The van der Waals surface area contributed by atoms with Crippen LogP contribution in [0, 0.1) is 0 Å². The van der Waals surface area contributed by atoms with Crippen molar-refractivity contribution in [1.29, 1.82) is 0 Å². The van der Waals surface area contributed by atoms with Crippen LogP contribution in [0.15, 0.2) is 24.3 Å². The standard InChI is InChI=1S/C41H77NO11S/c1-3-5-7-9-11-13-15-17-18-19-21-23-25-27-29-31-37(45)42-34(35(44)30-28-26-24-22-20-16-14-12-10-8-6-4-2)33-51-41-39(47)40(53-54(48,49)50)38(46)36(32-43)52-41/h11,13,15,17,34-36,38-41,43-44,46-47H,3-10,12,14,16,18-33H2,1-2H3,(H,42,45)(H,48,49,50)/b13-11-,17-15-. The molecule has 0 aromatic carbocycles. The Morgan fingerprint density at radius 1 is 0.741 bits per heavy atom. The molecular weight excluding hydrogens is 715 g/mol. The van der Waals surface area contributed by atoms with Gasteiger partial charge in [0.05, 0.1) is 25.4 Å². The summed E-state index contributed by atoms with van der Waals surface area (Å²) in [6.07, 6.45) is 26.1. The molecule has 0 spiro atoms. The van der Waals surface area contributed by atoms with Gasteiger partial charge >= 0.3 is 10.4 Å². The maximum Gasteiger partial charge on any atom is 0.397 e. The number of carbonyl (C=O) groups is 1. The topological polar surface area (TPSA) is 192 Å². The van der Waals surface area contributed by atoms with E-state index in [4.69, 9.17) is 14.0 Å². The number of ether oxygens (including phenoxy) is 2. The van der Waals surface area contributed by atoms with Crippen LogP contribution in [0.1, 0.15) is 174 Å². The van der Waals surface area contributed by atoms with E-state index in [-0.39, 0.29) is 18.9 Å². The molecule has 1 aliphatic heterocycles. The Hall–Kier alpha value is -1.42. The van der Waals surface area contributed by atoms with Crippen molar-refractivity contribution in [3.63, 3.8) is 0 Å². The van der Waals surface area contributed by atoms with Crippen molar-refractivity contribution < 1.29 is 51.8 Å². The van der Waals surface area contributed by atoms with Crippen LogP contribution in [0.4, 0.5) is 0 Å². The summed E-state index contributed by atoms with van der Waals surface area (Å²) >= 11 is 0. The maximum atomic E-state index is 13.0. The number of rotatable bonds is 35. The number of hydrogen-bond donors (Lipinski definition) is 6. The van der Waals surface area contributed by atoms with E-state index in [0.717, 1.165) is 70.6 Å². The van der Waals surface area contributed by atoms with Gasteiger partial charge in [0.25, 0.3) is 0 Å². The molecule has 1 rings (SSSR count). The zero-order valence-electron chi connectivity index (χ0n) is 33.5. The summed E-state index contributed by atoms with van der Waals surface area (Å²) in [6.45, 7) is 3.38. The quantitative estimate of drug-likeness (QED) is 0.0213. The van der Waals surface area contributed by atoms with E-state index in [1.165, 1.54) is 70.6 Å². The molecular formula is C41H77NO11S. The number of allylic oxidation sites excluding steroid dienone is 4. The van der Waals surface area contributed by atoms with E-state index in [9.17, 15) is 33.6 Å². The Morgan fingerprint density at radius 3 is 1.76 bits per heavy atom. The predicted octanol–water partition coefficient (Wildman–Crippen LogP) is 7.38. The first kappa shape index (κ1) is 50.6. The second-order valence-electron chi connectivity index (χ2n) is 15.0. The van der Waals surface area contributed by atoms with Crippen LogP contribution >= 0.6 is 0 Å². The summed E-state index contributed by atoms with van der Waals surface area (Å²) in [7, 11) is -5.07. The average Bonchev–Trinajstić information content (AvgIpc) is 3.14. The number of aliphatic hydroxyl groups is 4. The molecule has 0 saturated carbocycles. The van der Waals surface area contributed by atoms with Crippen LogP contribution < -0.4 is 5.32 Å². The van der Waals surface area contributed by atoms with Crippen molar-refractivity contribution in [3.05, 3.63) is 24.3 Å². The highest BCUT2D eigenvalue weighted by atomic mass is 32.3. The Bertz CT molecular complexity index is 1070. The number of nitrogens with one attached hydrogen (secondary N) is 1. The molecule has 0 aromatic heterocycles. The molecule has 1 aliphatic rings. The van der Waals surface area contributed by atoms with Crippen LogP contribution in [0.5, 0.6) is 0 Å². The predicted molar refractivity (Wildman–Crippen MR) is 213 cm³/mol. The van der Waals surface area contributed by atoms with E-state index in [1.54, 1.807) is 0 Å². The minimum atomic E-state index is -5.07. The molecule has 0 radical (unpaired) electrons. The largest absolute Gasteiger partial charge is 0.397 e. The third-order valence-corrected chi connectivity index (χ3v) is 10.5. The molecule has 7 unspecified atom stereocenters. The Labute approximate surface area is 327 Å². The summed E-state index contributed by atoms with van der Waals surface area (Å²) in [6, 6.07) is -0.861. The number of aliphatic hydroxyl groups excluding tert-OH is 4. The van der Waals surface area contributed by atoms with Gasteiger partial charge in [0.15, 0.2) is 6.29 Å². The molecule has 318 valence electrons.